The average molecular weight is 242 g/mol. The molecule has 1 atom stereocenters. The lowest BCUT2D eigenvalue weighted by molar-refractivity contribution is 0.452. The molecule has 1 aromatic carbocycles. The molecule has 0 saturated heterocycles. The Morgan fingerprint density at radius 2 is 2.28 bits per heavy atom. The molecule has 1 aliphatic rings. The maximum absolute atomic E-state index is 4.29. The van der Waals surface area contributed by atoms with Crippen molar-refractivity contribution in [2.24, 2.45) is 7.05 Å². The number of fused-ring (bicyclic) bond motifs is 1. The molecule has 0 fully saturated rings. The highest BCUT2D eigenvalue weighted by molar-refractivity contribution is 5.32. The second kappa shape index (κ2) is 4.90. The van der Waals surface area contributed by atoms with E-state index in [4.69, 9.17) is 0 Å². The van der Waals surface area contributed by atoms with Gasteiger partial charge in [-0.2, -0.15) is 5.10 Å². The molecule has 0 saturated carbocycles. The summed E-state index contributed by atoms with van der Waals surface area (Å²) in [6.07, 6.45) is 5.40. The van der Waals surface area contributed by atoms with Crippen molar-refractivity contribution in [3.8, 4) is 0 Å². The fourth-order valence-electron chi connectivity index (χ4n) is 2.65. The molecule has 94 valence electrons. The van der Waals surface area contributed by atoms with Crippen LogP contribution in [0.4, 0.5) is 0 Å². The van der Waals surface area contributed by atoms with Gasteiger partial charge >= 0.3 is 0 Å². The second-order valence-electron chi connectivity index (χ2n) is 4.86. The van der Waals surface area contributed by atoms with E-state index in [2.05, 4.69) is 39.7 Å². The van der Waals surface area contributed by atoms with Crippen LogP contribution in [0, 0.1) is 0 Å². The van der Waals surface area contributed by atoms with Gasteiger partial charge < -0.3 is 5.32 Å². The van der Waals surface area contributed by atoms with Gasteiger partial charge in [-0.05, 0) is 30.4 Å². The van der Waals surface area contributed by atoms with Crippen LogP contribution < -0.4 is 5.32 Å². The van der Waals surface area contributed by atoms with E-state index in [0.29, 0.717) is 6.04 Å². The molecule has 1 unspecified atom stereocenters. The van der Waals surface area contributed by atoms with Crippen LogP contribution in [0.1, 0.15) is 35.8 Å². The van der Waals surface area contributed by atoms with Crippen LogP contribution in [-0.4, -0.2) is 14.8 Å². The van der Waals surface area contributed by atoms with E-state index in [-0.39, 0.29) is 0 Å². The lowest BCUT2D eigenvalue weighted by Gasteiger charge is -2.26. The minimum absolute atomic E-state index is 0.443. The van der Waals surface area contributed by atoms with Crippen molar-refractivity contribution in [3.63, 3.8) is 0 Å². The van der Waals surface area contributed by atoms with E-state index >= 15 is 0 Å². The Kier molecular flexibility index (Phi) is 3.11. The third kappa shape index (κ3) is 2.29. The quantitative estimate of drug-likeness (QED) is 0.895. The summed E-state index contributed by atoms with van der Waals surface area (Å²) in [6, 6.07) is 9.17. The molecule has 0 radical (unpaired) electrons. The SMILES string of the molecule is Cn1cnc(CNC2CCCc3ccccc32)n1. The van der Waals surface area contributed by atoms with Crippen molar-refractivity contribution in [3.05, 3.63) is 47.5 Å². The highest BCUT2D eigenvalue weighted by atomic mass is 15.3. The average Bonchev–Trinajstić information content (AvgIpc) is 2.82. The minimum atomic E-state index is 0.443. The predicted molar refractivity (Wildman–Crippen MR) is 70.0 cm³/mol. The van der Waals surface area contributed by atoms with Gasteiger partial charge in [-0.25, -0.2) is 4.98 Å². The number of benzene rings is 1. The van der Waals surface area contributed by atoms with Gasteiger partial charge in [0.2, 0.25) is 0 Å². The van der Waals surface area contributed by atoms with Gasteiger partial charge in [-0.15, -0.1) is 0 Å². The van der Waals surface area contributed by atoms with Gasteiger partial charge in [-0.3, -0.25) is 4.68 Å². The number of nitrogens with one attached hydrogen (secondary N) is 1. The number of aromatic nitrogens is 3. The van der Waals surface area contributed by atoms with E-state index in [1.807, 2.05) is 7.05 Å². The minimum Gasteiger partial charge on any atom is -0.303 e. The van der Waals surface area contributed by atoms with Crippen LogP contribution in [0.15, 0.2) is 30.6 Å². The van der Waals surface area contributed by atoms with Crippen LogP contribution in [0.5, 0.6) is 0 Å². The van der Waals surface area contributed by atoms with Crippen molar-refractivity contribution < 1.29 is 0 Å². The summed E-state index contributed by atoms with van der Waals surface area (Å²) in [5.74, 6) is 0.862. The molecular weight excluding hydrogens is 224 g/mol. The zero-order valence-electron chi connectivity index (χ0n) is 10.6. The molecule has 4 nitrogen and oxygen atoms in total. The molecule has 4 heteroatoms. The largest absolute Gasteiger partial charge is 0.303 e. The van der Waals surface area contributed by atoms with Gasteiger partial charge in [0.05, 0.1) is 6.54 Å². The van der Waals surface area contributed by atoms with Crippen molar-refractivity contribution in [1.29, 1.82) is 0 Å². The molecule has 0 spiro atoms. The molecule has 18 heavy (non-hydrogen) atoms. The van der Waals surface area contributed by atoms with Gasteiger partial charge in [0.25, 0.3) is 0 Å². The van der Waals surface area contributed by atoms with Crippen molar-refractivity contribution in [1.82, 2.24) is 20.1 Å². The number of rotatable bonds is 3. The van der Waals surface area contributed by atoms with Crippen molar-refractivity contribution in [2.45, 2.75) is 31.8 Å². The fourth-order valence-corrected chi connectivity index (χ4v) is 2.65. The highest BCUT2D eigenvalue weighted by Crippen LogP contribution is 2.29. The van der Waals surface area contributed by atoms with Crippen LogP contribution in [0.25, 0.3) is 0 Å². The molecule has 1 N–H and O–H groups in total. The molecular formula is C14H18N4. The van der Waals surface area contributed by atoms with E-state index in [9.17, 15) is 0 Å². The fraction of sp³-hybridized carbons (Fsp3) is 0.429. The zero-order chi connectivity index (χ0) is 12.4. The molecule has 0 aliphatic heterocycles. The molecule has 3 rings (SSSR count). The Hall–Kier alpha value is -1.68. The van der Waals surface area contributed by atoms with Crippen molar-refractivity contribution in [2.75, 3.05) is 0 Å². The molecule has 2 aromatic rings. The smallest absolute Gasteiger partial charge is 0.164 e. The Balaban J connectivity index is 1.71. The van der Waals surface area contributed by atoms with Gasteiger partial charge in [0.1, 0.15) is 6.33 Å². The molecule has 1 aliphatic carbocycles. The van der Waals surface area contributed by atoms with Gasteiger partial charge in [-0.1, -0.05) is 24.3 Å². The lowest BCUT2D eigenvalue weighted by Crippen LogP contribution is -2.25. The molecule has 0 bridgehead atoms. The van der Waals surface area contributed by atoms with Crippen LogP contribution in [-0.2, 0) is 20.0 Å². The number of hydrogen-bond acceptors (Lipinski definition) is 3. The first-order chi connectivity index (χ1) is 8.83. The molecule has 1 heterocycles. The van der Waals surface area contributed by atoms with Gasteiger partial charge in [0.15, 0.2) is 5.82 Å². The Bertz CT molecular complexity index is 532. The summed E-state index contributed by atoms with van der Waals surface area (Å²) in [6.45, 7) is 0.736. The first-order valence-corrected chi connectivity index (χ1v) is 6.48. The molecule has 0 amide bonds. The monoisotopic (exact) mass is 242 g/mol. The zero-order valence-corrected chi connectivity index (χ0v) is 10.6. The number of aryl methyl sites for hydroxylation is 2. The summed E-state index contributed by atoms with van der Waals surface area (Å²) >= 11 is 0. The standard InChI is InChI=1S/C14H18N4/c1-18-10-16-14(17-18)9-15-13-8-4-6-11-5-2-3-7-12(11)13/h2-3,5,7,10,13,15H,4,6,8-9H2,1H3. The van der Waals surface area contributed by atoms with E-state index in [0.717, 1.165) is 12.4 Å². The van der Waals surface area contributed by atoms with E-state index in [1.54, 1.807) is 11.0 Å². The van der Waals surface area contributed by atoms with Crippen LogP contribution >= 0.6 is 0 Å². The summed E-state index contributed by atoms with van der Waals surface area (Å²) in [5, 5.41) is 7.86. The predicted octanol–water partition coefficient (Wildman–Crippen LogP) is 1.98. The summed E-state index contributed by atoms with van der Waals surface area (Å²) < 4.78 is 1.74. The maximum atomic E-state index is 4.29. The first kappa shape index (κ1) is 11.4. The van der Waals surface area contributed by atoms with Crippen LogP contribution in [0.2, 0.25) is 0 Å². The maximum Gasteiger partial charge on any atom is 0.164 e. The lowest BCUT2D eigenvalue weighted by atomic mass is 9.88. The normalized spacial score (nSPS) is 18.6. The highest BCUT2D eigenvalue weighted by Gasteiger charge is 2.19. The van der Waals surface area contributed by atoms with E-state index in [1.165, 1.54) is 30.4 Å². The van der Waals surface area contributed by atoms with E-state index < -0.39 is 0 Å². The first-order valence-electron chi connectivity index (χ1n) is 6.48. The summed E-state index contributed by atoms with van der Waals surface area (Å²) in [5.41, 5.74) is 2.93. The number of nitrogens with zero attached hydrogens (tertiary/aromatic N) is 3. The van der Waals surface area contributed by atoms with Gasteiger partial charge in [0, 0.05) is 13.1 Å². The summed E-state index contributed by atoms with van der Waals surface area (Å²) in [7, 11) is 1.90. The summed E-state index contributed by atoms with van der Waals surface area (Å²) in [4.78, 5) is 4.25. The van der Waals surface area contributed by atoms with Crippen molar-refractivity contribution >= 4 is 0 Å². The third-order valence-electron chi connectivity index (χ3n) is 3.52. The second-order valence-corrected chi connectivity index (χ2v) is 4.86. The Labute approximate surface area is 107 Å². The van der Waals surface area contributed by atoms with Crippen LogP contribution in [0.3, 0.4) is 0 Å². The topological polar surface area (TPSA) is 42.7 Å². The Morgan fingerprint density at radius 3 is 3.11 bits per heavy atom. The molecule has 1 aromatic heterocycles. The number of hydrogen-bond donors (Lipinski definition) is 1. The Morgan fingerprint density at radius 1 is 1.39 bits per heavy atom. The third-order valence-corrected chi connectivity index (χ3v) is 3.52.